The minimum Gasteiger partial charge on any atom is -0.441 e. The zero-order valence-electron chi connectivity index (χ0n) is 16.7. The SMILES string of the molecule is CCCS(=O)(=O)Nc1ccc(NC(=O)CCc2ncc(-c3ccc(Cl)cc3Cl)o2)cc1. The largest absolute Gasteiger partial charge is 0.441 e. The van der Waals surface area contributed by atoms with Gasteiger partial charge in [0, 0.05) is 34.8 Å². The minimum absolute atomic E-state index is 0.0538. The summed E-state index contributed by atoms with van der Waals surface area (Å²) in [5, 5.41) is 3.74. The van der Waals surface area contributed by atoms with Gasteiger partial charge in [0.2, 0.25) is 15.9 Å². The fraction of sp³-hybridized carbons (Fsp3) is 0.238. The van der Waals surface area contributed by atoms with E-state index in [0.717, 1.165) is 0 Å². The zero-order valence-corrected chi connectivity index (χ0v) is 19.0. The molecule has 2 N–H and O–H groups in total. The maximum atomic E-state index is 12.2. The molecule has 0 bridgehead atoms. The summed E-state index contributed by atoms with van der Waals surface area (Å²) in [6.45, 7) is 1.80. The molecular weight excluding hydrogens is 461 g/mol. The van der Waals surface area contributed by atoms with Gasteiger partial charge in [-0.3, -0.25) is 9.52 Å². The molecule has 0 atom stereocenters. The number of carbonyl (C=O) groups is 1. The third-order valence-corrected chi connectivity index (χ3v) is 6.27. The molecule has 1 amide bonds. The van der Waals surface area contributed by atoms with Crippen LogP contribution in [0.5, 0.6) is 0 Å². The van der Waals surface area contributed by atoms with Gasteiger partial charge in [0.15, 0.2) is 11.7 Å². The lowest BCUT2D eigenvalue weighted by Crippen LogP contribution is -2.16. The van der Waals surface area contributed by atoms with Gasteiger partial charge in [0.05, 0.1) is 17.0 Å². The molecule has 0 spiro atoms. The highest BCUT2D eigenvalue weighted by Crippen LogP contribution is 2.30. The van der Waals surface area contributed by atoms with Gasteiger partial charge in [0.1, 0.15) is 0 Å². The lowest BCUT2D eigenvalue weighted by Gasteiger charge is -2.08. The number of benzene rings is 2. The smallest absolute Gasteiger partial charge is 0.232 e. The van der Waals surface area contributed by atoms with Crippen molar-refractivity contribution in [3.8, 4) is 11.3 Å². The first-order valence-corrected chi connectivity index (χ1v) is 12.0. The predicted molar refractivity (Wildman–Crippen MR) is 123 cm³/mol. The first kappa shape index (κ1) is 23.1. The first-order chi connectivity index (χ1) is 14.8. The third-order valence-electron chi connectivity index (χ3n) is 4.23. The molecule has 0 aliphatic heterocycles. The van der Waals surface area contributed by atoms with Crippen LogP contribution in [0.25, 0.3) is 11.3 Å². The molecule has 0 saturated carbocycles. The molecule has 1 heterocycles. The van der Waals surface area contributed by atoms with Crippen LogP contribution in [0.4, 0.5) is 11.4 Å². The molecule has 2 aromatic carbocycles. The molecule has 3 aromatic rings. The van der Waals surface area contributed by atoms with Crippen molar-refractivity contribution >= 4 is 50.5 Å². The third kappa shape index (κ3) is 6.72. The molecule has 1 aromatic heterocycles. The first-order valence-electron chi connectivity index (χ1n) is 9.56. The number of nitrogens with zero attached hydrogens (tertiary/aromatic N) is 1. The van der Waals surface area contributed by atoms with Gasteiger partial charge in [-0.05, 0) is 48.9 Å². The number of rotatable bonds is 9. The summed E-state index contributed by atoms with van der Waals surface area (Å²) >= 11 is 12.1. The van der Waals surface area contributed by atoms with Crippen molar-refractivity contribution in [2.45, 2.75) is 26.2 Å². The van der Waals surface area contributed by atoms with Crippen LogP contribution >= 0.6 is 23.2 Å². The fourth-order valence-electron chi connectivity index (χ4n) is 2.80. The Morgan fingerprint density at radius 3 is 2.48 bits per heavy atom. The second-order valence-electron chi connectivity index (χ2n) is 6.79. The van der Waals surface area contributed by atoms with Crippen molar-refractivity contribution in [2.75, 3.05) is 15.8 Å². The van der Waals surface area contributed by atoms with Crippen LogP contribution in [-0.4, -0.2) is 25.1 Å². The standard InChI is InChI=1S/C21H21Cl2N3O4S/c1-2-11-31(28,29)26-16-6-4-15(5-7-16)25-20(27)9-10-21-24-13-19(30-21)17-8-3-14(22)12-18(17)23/h3-8,12-13,26H,2,9-11H2,1H3,(H,25,27). The number of carbonyl (C=O) groups excluding carboxylic acids is 1. The van der Waals surface area contributed by atoms with E-state index in [1.807, 2.05) is 0 Å². The van der Waals surface area contributed by atoms with Crippen molar-refractivity contribution in [1.29, 1.82) is 0 Å². The Morgan fingerprint density at radius 1 is 1.10 bits per heavy atom. The number of halogens is 2. The fourth-order valence-corrected chi connectivity index (χ4v) is 4.44. The van der Waals surface area contributed by atoms with Crippen molar-refractivity contribution in [3.63, 3.8) is 0 Å². The summed E-state index contributed by atoms with van der Waals surface area (Å²) in [6.07, 6.45) is 2.56. The van der Waals surface area contributed by atoms with Crippen LogP contribution in [-0.2, 0) is 21.2 Å². The molecule has 31 heavy (non-hydrogen) atoms. The minimum atomic E-state index is -3.35. The van der Waals surface area contributed by atoms with Crippen LogP contribution in [0, 0.1) is 0 Å². The molecule has 10 heteroatoms. The van der Waals surface area contributed by atoms with Crippen molar-refractivity contribution in [1.82, 2.24) is 4.98 Å². The lowest BCUT2D eigenvalue weighted by molar-refractivity contribution is -0.116. The maximum Gasteiger partial charge on any atom is 0.232 e. The quantitative estimate of drug-likeness (QED) is 0.427. The van der Waals surface area contributed by atoms with Gasteiger partial charge in [0.25, 0.3) is 0 Å². The van der Waals surface area contributed by atoms with Gasteiger partial charge < -0.3 is 9.73 Å². The Kier molecular flexibility index (Phi) is 7.59. The molecule has 7 nitrogen and oxygen atoms in total. The molecule has 0 aliphatic carbocycles. The molecule has 0 radical (unpaired) electrons. The number of oxazole rings is 1. The van der Waals surface area contributed by atoms with Gasteiger partial charge in [-0.2, -0.15) is 0 Å². The van der Waals surface area contributed by atoms with Gasteiger partial charge in [-0.15, -0.1) is 0 Å². The molecule has 3 rings (SSSR count). The molecule has 0 unspecified atom stereocenters. The summed E-state index contributed by atoms with van der Waals surface area (Å²) in [6, 6.07) is 11.5. The molecule has 0 fully saturated rings. The Labute approximate surface area is 190 Å². The number of nitrogens with one attached hydrogen (secondary N) is 2. The van der Waals surface area contributed by atoms with E-state index in [2.05, 4.69) is 15.0 Å². The Balaban J connectivity index is 1.53. The summed E-state index contributed by atoms with van der Waals surface area (Å²) in [5.41, 5.74) is 1.67. The van der Waals surface area contributed by atoms with Gasteiger partial charge in [-0.25, -0.2) is 13.4 Å². The predicted octanol–water partition coefficient (Wildman–Crippen LogP) is 5.37. The number of hydrogen-bond donors (Lipinski definition) is 2. The van der Waals surface area contributed by atoms with E-state index in [4.69, 9.17) is 27.6 Å². The van der Waals surface area contributed by atoms with Gasteiger partial charge >= 0.3 is 0 Å². The average molecular weight is 482 g/mol. The average Bonchev–Trinajstić information content (AvgIpc) is 3.16. The normalized spacial score (nSPS) is 11.3. The molecular formula is C21H21Cl2N3O4S. The van der Waals surface area contributed by atoms with Crippen LogP contribution < -0.4 is 10.0 Å². The second-order valence-corrected chi connectivity index (χ2v) is 9.47. The summed E-state index contributed by atoms with van der Waals surface area (Å²) in [7, 11) is -3.35. The molecule has 0 aliphatic rings. The monoisotopic (exact) mass is 481 g/mol. The van der Waals surface area contributed by atoms with Gasteiger partial charge in [-0.1, -0.05) is 30.1 Å². The van der Waals surface area contributed by atoms with E-state index in [0.29, 0.717) is 51.5 Å². The van der Waals surface area contributed by atoms with Crippen LogP contribution in [0.15, 0.2) is 53.1 Å². The van der Waals surface area contributed by atoms with Crippen LogP contribution in [0.3, 0.4) is 0 Å². The molecule has 164 valence electrons. The van der Waals surface area contributed by atoms with Crippen molar-refractivity contribution < 1.29 is 17.6 Å². The Morgan fingerprint density at radius 2 is 1.81 bits per heavy atom. The lowest BCUT2D eigenvalue weighted by atomic mass is 10.2. The topological polar surface area (TPSA) is 101 Å². The zero-order chi connectivity index (χ0) is 22.4. The van der Waals surface area contributed by atoms with E-state index < -0.39 is 10.0 Å². The molecule has 0 saturated heterocycles. The van der Waals surface area contributed by atoms with Crippen molar-refractivity contribution in [3.05, 3.63) is 64.6 Å². The highest BCUT2D eigenvalue weighted by Gasteiger charge is 2.13. The summed E-state index contributed by atoms with van der Waals surface area (Å²) in [5.74, 6) is 0.747. The van der Waals surface area contributed by atoms with Crippen LogP contribution in [0.1, 0.15) is 25.7 Å². The number of amides is 1. The highest BCUT2D eigenvalue weighted by molar-refractivity contribution is 7.92. The number of anilines is 2. The van der Waals surface area contributed by atoms with E-state index in [1.54, 1.807) is 55.6 Å². The van der Waals surface area contributed by atoms with E-state index in [-0.39, 0.29) is 18.1 Å². The number of sulfonamides is 1. The van der Waals surface area contributed by atoms with Crippen molar-refractivity contribution in [2.24, 2.45) is 0 Å². The summed E-state index contributed by atoms with van der Waals surface area (Å²) in [4.78, 5) is 16.4. The highest BCUT2D eigenvalue weighted by atomic mass is 35.5. The van der Waals surface area contributed by atoms with Crippen LogP contribution in [0.2, 0.25) is 10.0 Å². The summed E-state index contributed by atoms with van der Waals surface area (Å²) < 4.78 is 31.8. The maximum absolute atomic E-state index is 12.2. The van der Waals surface area contributed by atoms with E-state index in [9.17, 15) is 13.2 Å². The number of aromatic nitrogens is 1. The van der Waals surface area contributed by atoms with E-state index in [1.165, 1.54) is 0 Å². The number of hydrogen-bond acceptors (Lipinski definition) is 5. The Bertz CT molecular complexity index is 1160. The Hall–Kier alpha value is -2.55. The second kappa shape index (κ2) is 10.2. The van der Waals surface area contributed by atoms with E-state index >= 15 is 0 Å². The number of aryl methyl sites for hydroxylation is 1.